The molecule has 0 saturated heterocycles. The summed E-state index contributed by atoms with van der Waals surface area (Å²) in [6.45, 7) is 0. The van der Waals surface area contributed by atoms with Crippen molar-refractivity contribution in [2.75, 3.05) is 7.11 Å². The van der Waals surface area contributed by atoms with E-state index in [0.717, 1.165) is 27.4 Å². The molecule has 4 rings (SSSR count). The Balaban J connectivity index is 1.46. The molecule has 1 heterocycles. The number of hydrogen-bond acceptors (Lipinski definition) is 3. The fraction of sp³-hybridized carbons (Fsp3) is 0.200. The predicted octanol–water partition coefficient (Wildman–Crippen LogP) is 4.21. The highest BCUT2D eigenvalue weighted by Gasteiger charge is 2.22. The highest BCUT2D eigenvalue weighted by molar-refractivity contribution is 5.89. The lowest BCUT2D eigenvalue weighted by Crippen LogP contribution is -2.42. The Labute approximate surface area is 184 Å². The number of nitrogens with one attached hydrogen (secondary N) is 2. The Morgan fingerprint density at radius 2 is 1.84 bits per heavy atom. The van der Waals surface area contributed by atoms with Crippen LogP contribution in [0.2, 0.25) is 0 Å². The summed E-state index contributed by atoms with van der Waals surface area (Å²) in [6.07, 6.45) is 2.36. The maximum absolute atomic E-state index is 14.0. The van der Waals surface area contributed by atoms with Crippen molar-refractivity contribution in [3.05, 3.63) is 77.7 Å². The molecule has 7 heteroatoms. The van der Waals surface area contributed by atoms with Crippen LogP contribution in [-0.2, 0) is 22.4 Å². The molecule has 0 saturated carbocycles. The van der Waals surface area contributed by atoms with Gasteiger partial charge >= 0.3 is 5.97 Å². The van der Waals surface area contributed by atoms with Gasteiger partial charge in [0.15, 0.2) is 0 Å². The molecule has 0 aliphatic heterocycles. The highest BCUT2D eigenvalue weighted by atomic mass is 19.1. The molecule has 1 amide bonds. The summed E-state index contributed by atoms with van der Waals surface area (Å²) in [5.41, 5.74) is 2.48. The fourth-order valence-electron chi connectivity index (χ4n) is 3.93. The number of amides is 1. The summed E-state index contributed by atoms with van der Waals surface area (Å²) in [6, 6.07) is 14.6. The quantitative estimate of drug-likeness (QED) is 0.387. The van der Waals surface area contributed by atoms with E-state index in [0.29, 0.717) is 17.6 Å². The van der Waals surface area contributed by atoms with Crippen molar-refractivity contribution in [2.45, 2.75) is 25.3 Å². The first-order valence-corrected chi connectivity index (χ1v) is 10.3. The van der Waals surface area contributed by atoms with Crippen molar-refractivity contribution in [2.24, 2.45) is 0 Å². The molecular weight excluding hydrogens is 411 g/mol. The van der Waals surface area contributed by atoms with Crippen LogP contribution in [0.25, 0.3) is 21.7 Å². The number of carboxylic acids is 1. The lowest BCUT2D eigenvalue weighted by atomic mass is 10.00. The average molecular weight is 434 g/mol. The molecule has 32 heavy (non-hydrogen) atoms. The van der Waals surface area contributed by atoms with Gasteiger partial charge in [0.1, 0.15) is 17.6 Å². The van der Waals surface area contributed by atoms with Crippen molar-refractivity contribution < 1.29 is 23.8 Å². The second kappa shape index (κ2) is 9.09. The Hall–Kier alpha value is -3.87. The summed E-state index contributed by atoms with van der Waals surface area (Å²) in [7, 11) is 1.57. The molecule has 1 unspecified atom stereocenters. The zero-order valence-electron chi connectivity index (χ0n) is 17.5. The second-order valence-electron chi connectivity index (χ2n) is 7.64. The number of aromatic nitrogens is 1. The van der Waals surface area contributed by atoms with Gasteiger partial charge in [-0.1, -0.05) is 30.3 Å². The number of hydrogen-bond donors (Lipinski definition) is 3. The van der Waals surface area contributed by atoms with Gasteiger partial charge in [-0.25, -0.2) is 9.18 Å². The maximum Gasteiger partial charge on any atom is 0.326 e. The Bertz CT molecular complexity index is 1300. The van der Waals surface area contributed by atoms with Crippen LogP contribution >= 0.6 is 0 Å². The maximum atomic E-state index is 14.0. The average Bonchev–Trinajstić information content (AvgIpc) is 3.20. The summed E-state index contributed by atoms with van der Waals surface area (Å²) >= 11 is 0. The van der Waals surface area contributed by atoms with E-state index in [4.69, 9.17) is 4.74 Å². The first-order chi connectivity index (χ1) is 15.5. The number of halogens is 1. The first-order valence-electron chi connectivity index (χ1n) is 10.3. The zero-order valence-corrected chi connectivity index (χ0v) is 17.5. The summed E-state index contributed by atoms with van der Waals surface area (Å²) < 4.78 is 19.3. The molecule has 3 aromatic carbocycles. The number of ether oxygens (including phenoxy) is 1. The van der Waals surface area contributed by atoms with Crippen LogP contribution in [0.5, 0.6) is 5.75 Å². The number of carbonyl (C=O) groups excluding carboxylic acids is 1. The first kappa shape index (κ1) is 21.4. The van der Waals surface area contributed by atoms with Crippen molar-refractivity contribution >= 4 is 33.6 Å². The topological polar surface area (TPSA) is 91.4 Å². The van der Waals surface area contributed by atoms with Crippen LogP contribution in [0.15, 0.2) is 60.8 Å². The smallest absolute Gasteiger partial charge is 0.326 e. The number of rotatable bonds is 8. The third-order valence-electron chi connectivity index (χ3n) is 5.61. The standard InChI is InChI=1S/C25H23FN2O4/c1-32-17-8-10-22-20(13-17)16(14-27-22)12-23(25(30)31)28-24(29)11-7-15-6-9-21(26)19-5-3-2-4-18(15)19/h2-6,8-10,13-14,23,27H,7,11-12H2,1H3,(H,28,29)(H,30,31). The van der Waals surface area contributed by atoms with Gasteiger partial charge in [0, 0.05) is 35.3 Å². The molecule has 0 radical (unpaired) electrons. The second-order valence-corrected chi connectivity index (χ2v) is 7.64. The normalized spacial score (nSPS) is 12.1. The Kier molecular flexibility index (Phi) is 6.07. The van der Waals surface area contributed by atoms with Crippen molar-refractivity contribution in [3.63, 3.8) is 0 Å². The van der Waals surface area contributed by atoms with Gasteiger partial charge in [0.05, 0.1) is 7.11 Å². The number of H-pyrrole nitrogens is 1. The van der Waals surface area contributed by atoms with Crippen LogP contribution in [-0.4, -0.2) is 35.1 Å². The Morgan fingerprint density at radius 1 is 1.06 bits per heavy atom. The number of benzene rings is 3. The third-order valence-corrected chi connectivity index (χ3v) is 5.61. The van der Waals surface area contributed by atoms with E-state index in [1.54, 1.807) is 31.5 Å². The van der Waals surface area contributed by atoms with Gasteiger partial charge in [0.2, 0.25) is 5.91 Å². The molecule has 164 valence electrons. The van der Waals surface area contributed by atoms with Gasteiger partial charge < -0.3 is 20.1 Å². The van der Waals surface area contributed by atoms with Crippen molar-refractivity contribution in [3.8, 4) is 5.75 Å². The van der Waals surface area contributed by atoms with E-state index < -0.39 is 12.0 Å². The molecule has 0 aliphatic rings. The van der Waals surface area contributed by atoms with E-state index in [1.807, 2.05) is 30.3 Å². The molecule has 1 aromatic heterocycles. The van der Waals surface area contributed by atoms with E-state index in [2.05, 4.69) is 10.3 Å². The lowest BCUT2D eigenvalue weighted by Gasteiger charge is -2.15. The number of aliphatic carboxylic acids is 1. The predicted molar refractivity (Wildman–Crippen MR) is 120 cm³/mol. The van der Waals surface area contributed by atoms with Crippen LogP contribution in [0.1, 0.15) is 17.5 Å². The Morgan fingerprint density at radius 3 is 2.59 bits per heavy atom. The monoisotopic (exact) mass is 434 g/mol. The van der Waals surface area contributed by atoms with Crippen LogP contribution in [0.3, 0.4) is 0 Å². The SMILES string of the molecule is COc1ccc2[nH]cc(CC(NC(=O)CCc3ccc(F)c4ccccc34)C(=O)O)c2c1. The number of aryl methyl sites for hydroxylation is 1. The summed E-state index contributed by atoms with van der Waals surface area (Å²) in [5, 5.41) is 14.4. The van der Waals surface area contributed by atoms with Gasteiger partial charge in [-0.15, -0.1) is 0 Å². The molecule has 6 nitrogen and oxygen atoms in total. The van der Waals surface area contributed by atoms with E-state index in [1.165, 1.54) is 6.07 Å². The van der Waals surface area contributed by atoms with E-state index in [9.17, 15) is 19.1 Å². The summed E-state index contributed by atoms with van der Waals surface area (Å²) in [5.74, 6) is -1.12. The molecular formula is C25H23FN2O4. The van der Waals surface area contributed by atoms with Crippen molar-refractivity contribution in [1.29, 1.82) is 0 Å². The fourth-order valence-corrected chi connectivity index (χ4v) is 3.93. The molecule has 4 aromatic rings. The molecule has 1 atom stereocenters. The lowest BCUT2D eigenvalue weighted by molar-refractivity contribution is -0.141. The molecule has 3 N–H and O–H groups in total. The van der Waals surface area contributed by atoms with Gasteiger partial charge in [-0.2, -0.15) is 0 Å². The summed E-state index contributed by atoms with van der Waals surface area (Å²) in [4.78, 5) is 27.5. The largest absolute Gasteiger partial charge is 0.497 e. The molecule has 0 aliphatic carbocycles. The number of aromatic amines is 1. The van der Waals surface area contributed by atoms with E-state index in [-0.39, 0.29) is 24.6 Å². The van der Waals surface area contributed by atoms with Gasteiger partial charge in [-0.05, 0) is 47.2 Å². The number of carboxylic acid groups (broad SMARTS) is 1. The van der Waals surface area contributed by atoms with Crippen molar-refractivity contribution in [1.82, 2.24) is 10.3 Å². The van der Waals surface area contributed by atoms with Gasteiger partial charge in [-0.3, -0.25) is 4.79 Å². The molecule has 0 bridgehead atoms. The van der Waals surface area contributed by atoms with E-state index >= 15 is 0 Å². The minimum Gasteiger partial charge on any atom is -0.497 e. The number of methoxy groups -OCH3 is 1. The molecule has 0 fully saturated rings. The van der Waals surface area contributed by atoms with Crippen LogP contribution < -0.4 is 10.1 Å². The molecule has 0 spiro atoms. The zero-order chi connectivity index (χ0) is 22.7. The minimum atomic E-state index is -1.11. The highest BCUT2D eigenvalue weighted by Crippen LogP contribution is 2.25. The number of fused-ring (bicyclic) bond motifs is 2. The third kappa shape index (κ3) is 4.42. The van der Waals surface area contributed by atoms with Crippen LogP contribution in [0.4, 0.5) is 4.39 Å². The van der Waals surface area contributed by atoms with Gasteiger partial charge in [0.25, 0.3) is 0 Å². The minimum absolute atomic E-state index is 0.0983. The number of carbonyl (C=O) groups is 2. The van der Waals surface area contributed by atoms with Crippen LogP contribution in [0, 0.1) is 5.82 Å².